The van der Waals surface area contributed by atoms with Crippen LogP contribution in [0, 0.1) is 0 Å². The van der Waals surface area contributed by atoms with Crippen molar-refractivity contribution in [2.45, 2.75) is 51.4 Å². The summed E-state index contributed by atoms with van der Waals surface area (Å²) in [5.41, 5.74) is -1.78. The number of alkyl halides is 4. The van der Waals surface area contributed by atoms with E-state index in [2.05, 4.69) is 15.9 Å². The summed E-state index contributed by atoms with van der Waals surface area (Å²) in [6.07, 6.45) is -3.44. The first-order valence-electron chi connectivity index (χ1n) is 7.21. The lowest BCUT2D eigenvalue weighted by atomic mass is 10.1. The number of phenols is 1. The van der Waals surface area contributed by atoms with E-state index in [1.54, 1.807) is 0 Å². The molecule has 0 heterocycles. The summed E-state index contributed by atoms with van der Waals surface area (Å²) in [5, 5.41) is 11.7. The normalized spacial score (nSPS) is 13.0. The number of halogens is 5. The zero-order valence-electron chi connectivity index (χ0n) is 12.5. The van der Waals surface area contributed by atoms with E-state index in [0.717, 1.165) is 25.3 Å². The number of benzene rings is 1. The van der Waals surface area contributed by atoms with Crippen LogP contribution in [0.4, 0.5) is 23.2 Å². The maximum atomic E-state index is 13.7. The molecule has 0 aliphatic carbocycles. The molecular formula is C15H18BrF4NO2. The van der Waals surface area contributed by atoms with Gasteiger partial charge in [-0.05, 0) is 18.6 Å². The number of unbranched alkanes of at least 4 members (excludes halogenated alkanes) is 3. The van der Waals surface area contributed by atoms with Crippen LogP contribution in [0.3, 0.4) is 0 Å². The second-order valence-electron chi connectivity index (χ2n) is 5.15. The van der Waals surface area contributed by atoms with Crippen LogP contribution in [0.5, 0.6) is 5.75 Å². The number of nitrogens with one attached hydrogen (secondary N) is 1. The summed E-state index contributed by atoms with van der Waals surface area (Å²) < 4.78 is 52.1. The number of carbonyl (C=O) groups excluding carboxylic acids is 1. The molecule has 0 aromatic heterocycles. The number of hydrogen-bond acceptors (Lipinski definition) is 2. The van der Waals surface area contributed by atoms with Gasteiger partial charge in [-0.25, -0.2) is 4.39 Å². The Bertz CT molecular complexity index is 549. The molecule has 23 heavy (non-hydrogen) atoms. The molecule has 130 valence electrons. The van der Waals surface area contributed by atoms with Crippen molar-refractivity contribution in [2.75, 3.05) is 5.32 Å². The summed E-state index contributed by atoms with van der Waals surface area (Å²) in [7, 11) is 0. The van der Waals surface area contributed by atoms with Crippen molar-refractivity contribution in [3.05, 3.63) is 22.2 Å². The van der Waals surface area contributed by atoms with E-state index in [0.29, 0.717) is 12.5 Å². The Hall–Kier alpha value is -1.31. The van der Waals surface area contributed by atoms with Crippen molar-refractivity contribution < 1.29 is 27.5 Å². The van der Waals surface area contributed by atoms with Crippen LogP contribution < -0.4 is 5.32 Å². The quantitative estimate of drug-likeness (QED) is 0.365. The van der Waals surface area contributed by atoms with Crippen LogP contribution in [0.25, 0.3) is 0 Å². The van der Waals surface area contributed by atoms with E-state index in [1.807, 2.05) is 12.2 Å². The summed E-state index contributed by atoms with van der Waals surface area (Å²) >= 11 is 2.87. The standard InChI is InChI=1S/C15H18BrF4NO2/c1-2-3-4-5-6-11(17)14(23)21-12-8-9(16)7-10(13(12)22)15(18,19)20/h7-8,11,22H,2-6H2,1H3,(H,21,23). The van der Waals surface area contributed by atoms with Crippen LogP contribution in [0.2, 0.25) is 0 Å². The molecule has 1 rings (SSSR count). The van der Waals surface area contributed by atoms with Crippen molar-refractivity contribution >= 4 is 27.5 Å². The monoisotopic (exact) mass is 399 g/mol. The molecule has 0 aliphatic rings. The fourth-order valence-electron chi connectivity index (χ4n) is 2.00. The van der Waals surface area contributed by atoms with Gasteiger partial charge in [-0.1, -0.05) is 48.5 Å². The molecule has 0 radical (unpaired) electrons. The molecule has 8 heteroatoms. The molecule has 0 fully saturated rings. The van der Waals surface area contributed by atoms with E-state index in [9.17, 15) is 27.5 Å². The molecular weight excluding hydrogens is 382 g/mol. The maximum absolute atomic E-state index is 13.7. The van der Waals surface area contributed by atoms with E-state index < -0.39 is 35.3 Å². The number of anilines is 1. The van der Waals surface area contributed by atoms with E-state index >= 15 is 0 Å². The molecule has 1 aromatic carbocycles. The minimum atomic E-state index is -4.79. The van der Waals surface area contributed by atoms with Crippen LogP contribution in [-0.4, -0.2) is 17.2 Å². The molecule has 0 saturated carbocycles. The molecule has 0 aliphatic heterocycles. The third-order valence-electron chi connectivity index (χ3n) is 3.23. The summed E-state index contributed by atoms with van der Waals surface area (Å²) in [5.74, 6) is -2.20. The van der Waals surface area contributed by atoms with Gasteiger partial charge in [-0.2, -0.15) is 13.2 Å². The Kier molecular flexibility index (Phi) is 7.31. The third kappa shape index (κ3) is 6.01. The van der Waals surface area contributed by atoms with Crippen molar-refractivity contribution in [3.63, 3.8) is 0 Å². The van der Waals surface area contributed by atoms with Gasteiger partial charge in [0.2, 0.25) is 0 Å². The lowest BCUT2D eigenvalue weighted by Gasteiger charge is -2.15. The first kappa shape index (κ1) is 19.7. The fraction of sp³-hybridized carbons (Fsp3) is 0.533. The van der Waals surface area contributed by atoms with Crippen molar-refractivity contribution in [2.24, 2.45) is 0 Å². The zero-order chi connectivity index (χ0) is 17.6. The fourth-order valence-corrected chi connectivity index (χ4v) is 2.46. The highest BCUT2D eigenvalue weighted by molar-refractivity contribution is 9.10. The maximum Gasteiger partial charge on any atom is 0.420 e. The van der Waals surface area contributed by atoms with E-state index in [-0.39, 0.29) is 10.9 Å². The van der Waals surface area contributed by atoms with Gasteiger partial charge in [0.25, 0.3) is 5.91 Å². The predicted octanol–water partition coefficient (Wildman–Crippen LogP) is 5.42. The molecule has 3 nitrogen and oxygen atoms in total. The van der Waals surface area contributed by atoms with Gasteiger partial charge in [0.05, 0.1) is 5.69 Å². The smallest absolute Gasteiger partial charge is 0.420 e. The SMILES string of the molecule is CCCCCCC(F)C(=O)Nc1cc(Br)cc(C(F)(F)F)c1O. The molecule has 0 saturated heterocycles. The van der Waals surface area contributed by atoms with Gasteiger partial charge in [-0.15, -0.1) is 0 Å². The zero-order valence-corrected chi connectivity index (χ0v) is 14.1. The molecule has 2 N–H and O–H groups in total. The average Bonchev–Trinajstić information content (AvgIpc) is 2.45. The summed E-state index contributed by atoms with van der Waals surface area (Å²) in [4.78, 5) is 11.7. The molecule has 0 bridgehead atoms. The Morgan fingerprint density at radius 2 is 1.96 bits per heavy atom. The van der Waals surface area contributed by atoms with Crippen LogP contribution in [0.1, 0.15) is 44.6 Å². The average molecular weight is 400 g/mol. The van der Waals surface area contributed by atoms with Gasteiger partial charge in [0, 0.05) is 4.47 Å². The van der Waals surface area contributed by atoms with Gasteiger partial charge < -0.3 is 10.4 Å². The number of amides is 1. The van der Waals surface area contributed by atoms with Crippen LogP contribution >= 0.6 is 15.9 Å². The van der Waals surface area contributed by atoms with Crippen molar-refractivity contribution in [1.29, 1.82) is 0 Å². The van der Waals surface area contributed by atoms with Gasteiger partial charge in [0.15, 0.2) is 11.9 Å². The molecule has 1 aromatic rings. The topological polar surface area (TPSA) is 49.3 Å². The first-order valence-corrected chi connectivity index (χ1v) is 8.00. The van der Waals surface area contributed by atoms with E-state index in [4.69, 9.17) is 0 Å². The number of phenolic OH excluding ortho intramolecular Hbond substituents is 1. The second-order valence-corrected chi connectivity index (χ2v) is 6.07. The molecule has 1 atom stereocenters. The highest BCUT2D eigenvalue weighted by atomic mass is 79.9. The van der Waals surface area contributed by atoms with Crippen LogP contribution in [0.15, 0.2) is 16.6 Å². The van der Waals surface area contributed by atoms with Crippen LogP contribution in [-0.2, 0) is 11.0 Å². The van der Waals surface area contributed by atoms with E-state index in [1.165, 1.54) is 0 Å². The second kappa shape index (κ2) is 8.52. The molecule has 0 spiro atoms. The number of hydrogen-bond donors (Lipinski definition) is 2. The van der Waals surface area contributed by atoms with Gasteiger partial charge in [-0.3, -0.25) is 4.79 Å². The Morgan fingerprint density at radius 3 is 2.52 bits per heavy atom. The Labute approximate surface area is 140 Å². The highest BCUT2D eigenvalue weighted by Gasteiger charge is 2.35. The number of rotatable bonds is 7. The minimum Gasteiger partial charge on any atom is -0.505 e. The summed E-state index contributed by atoms with van der Waals surface area (Å²) in [6, 6.07) is 1.77. The predicted molar refractivity (Wildman–Crippen MR) is 83.1 cm³/mol. The largest absolute Gasteiger partial charge is 0.505 e. The van der Waals surface area contributed by atoms with Gasteiger partial charge >= 0.3 is 6.18 Å². The first-order chi connectivity index (χ1) is 10.7. The van der Waals surface area contributed by atoms with Crippen molar-refractivity contribution in [3.8, 4) is 5.75 Å². The minimum absolute atomic E-state index is 0.00722. The number of carbonyl (C=O) groups is 1. The lowest BCUT2D eigenvalue weighted by molar-refractivity contribution is -0.138. The third-order valence-corrected chi connectivity index (χ3v) is 3.69. The molecule has 1 unspecified atom stereocenters. The number of aromatic hydroxyl groups is 1. The lowest BCUT2D eigenvalue weighted by Crippen LogP contribution is -2.24. The Balaban J connectivity index is 2.80. The summed E-state index contributed by atoms with van der Waals surface area (Å²) in [6.45, 7) is 1.99. The van der Waals surface area contributed by atoms with Crippen molar-refractivity contribution in [1.82, 2.24) is 0 Å². The van der Waals surface area contributed by atoms with Gasteiger partial charge in [0.1, 0.15) is 5.56 Å². The Morgan fingerprint density at radius 1 is 1.30 bits per heavy atom. The highest BCUT2D eigenvalue weighted by Crippen LogP contribution is 2.41. The molecule has 1 amide bonds.